The number of carbonyl (C=O) groups is 4. The molecular weight excluding hydrogens is 815 g/mol. The van der Waals surface area contributed by atoms with E-state index in [1.807, 2.05) is 40.8 Å². The standard InChI is InChI=1S/C37H31Cl2FIN3O7/c1-50-28-17-19(16-27(41)31(28)45)30-24-10-11-25-29(33(47)43(32(25)46)22-8-6-21(7-9-22)42-12-14-51-15-13-42)26(24)18-36(38)34(48)44(35(49)37(30,36)39)23-4-2-20(40)3-5-23/h2-10,16-17,25-26,29-30,45H,11-15,18H2,1H3/t25-,26+,29-,30-,36+,37-/m0/s1. The van der Waals surface area contributed by atoms with E-state index < -0.39 is 57.0 Å². The molecule has 0 aromatic heterocycles. The monoisotopic (exact) mass is 845 g/mol. The number of carbonyl (C=O) groups excluding carboxylic acids is 4. The minimum atomic E-state index is -2.11. The van der Waals surface area contributed by atoms with Crippen LogP contribution in [0.3, 0.4) is 0 Å². The summed E-state index contributed by atoms with van der Waals surface area (Å²) in [5, 5.41) is 10.7. The summed E-state index contributed by atoms with van der Waals surface area (Å²) < 4.78 is 25.3. The molecule has 4 amide bonds. The number of phenols is 1. The number of ether oxygens (including phenoxy) is 2. The smallest absolute Gasteiger partial charge is 0.258 e. The number of phenolic OH excluding ortho intramolecular Hbond substituents is 1. The molecule has 10 nitrogen and oxygen atoms in total. The average molecular weight is 846 g/mol. The van der Waals surface area contributed by atoms with Crippen molar-refractivity contribution < 1.29 is 38.1 Å². The second kappa shape index (κ2) is 12.5. The molecule has 4 fully saturated rings. The van der Waals surface area contributed by atoms with E-state index in [1.54, 1.807) is 24.3 Å². The Bertz CT molecular complexity index is 2030. The van der Waals surface area contributed by atoms with Gasteiger partial charge in [-0.25, -0.2) is 9.29 Å². The van der Waals surface area contributed by atoms with Gasteiger partial charge in [0.15, 0.2) is 21.2 Å². The molecule has 0 spiro atoms. The molecule has 3 aliphatic heterocycles. The first-order chi connectivity index (χ1) is 24.4. The largest absolute Gasteiger partial charge is 0.504 e. The van der Waals surface area contributed by atoms with Gasteiger partial charge in [0.25, 0.3) is 11.8 Å². The zero-order valence-corrected chi connectivity index (χ0v) is 30.8. The Morgan fingerprint density at radius 1 is 0.882 bits per heavy atom. The highest BCUT2D eigenvalue weighted by atomic mass is 127. The molecule has 0 bridgehead atoms. The summed E-state index contributed by atoms with van der Waals surface area (Å²) >= 11 is 16.9. The van der Waals surface area contributed by atoms with Gasteiger partial charge in [0.2, 0.25) is 11.8 Å². The molecular formula is C37H31Cl2FIN3O7. The molecule has 3 heterocycles. The van der Waals surface area contributed by atoms with Gasteiger partial charge in [-0.15, -0.1) is 23.2 Å². The summed E-state index contributed by atoms with van der Waals surface area (Å²) in [6, 6.07) is 15.3. The molecule has 14 heteroatoms. The molecule has 264 valence electrons. The summed E-state index contributed by atoms with van der Waals surface area (Å²) in [5.74, 6) is -6.43. The number of benzene rings is 3. The number of alkyl halides is 2. The van der Waals surface area contributed by atoms with Crippen LogP contribution >= 0.6 is 45.8 Å². The fourth-order valence-electron chi connectivity index (χ4n) is 8.58. The fraction of sp³-hybridized carbons (Fsp3) is 0.351. The number of halogens is 4. The van der Waals surface area contributed by atoms with Gasteiger partial charge in [-0.1, -0.05) is 11.6 Å². The highest BCUT2D eigenvalue weighted by molar-refractivity contribution is 14.1. The van der Waals surface area contributed by atoms with Crippen LogP contribution < -0.4 is 19.4 Å². The third-order valence-electron chi connectivity index (χ3n) is 11.0. The Hall–Kier alpha value is -3.72. The van der Waals surface area contributed by atoms with E-state index in [0.717, 1.165) is 35.8 Å². The van der Waals surface area contributed by atoms with Gasteiger partial charge in [-0.3, -0.25) is 24.1 Å². The molecule has 0 unspecified atom stereocenters. The molecule has 6 atom stereocenters. The zero-order chi connectivity index (χ0) is 36.0. The Morgan fingerprint density at radius 3 is 2.18 bits per heavy atom. The number of anilines is 3. The number of allylic oxidation sites excluding steroid dienone is 2. The van der Waals surface area contributed by atoms with Gasteiger partial charge in [-0.2, -0.15) is 0 Å². The number of fused-ring (bicyclic) bond motifs is 4. The summed E-state index contributed by atoms with van der Waals surface area (Å²) in [5.41, 5.74) is 2.50. The highest BCUT2D eigenvalue weighted by Crippen LogP contribution is 2.66. The van der Waals surface area contributed by atoms with E-state index in [9.17, 15) is 28.7 Å². The summed E-state index contributed by atoms with van der Waals surface area (Å²) in [7, 11) is 1.39. The zero-order valence-electron chi connectivity index (χ0n) is 27.2. The summed E-state index contributed by atoms with van der Waals surface area (Å²) in [6.07, 6.45) is 1.83. The number of aromatic hydroxyl groups is 1. The van der Waals surface area contributed by atoms with Gasteiger partial charge >= 0.3 is 0 Å². The lowest BCUT2D eigenvalue weighted by molar-refractivity contribution is -0.125. The Labute approximate surface area is 316 Å². The molecule has 51 heavy (non-hydrogen) atoms. The lowest BCUT2D eigenvalue weighted by Crippen LogP contribution is -2.60. The number of rotatable bonds is 5. The predicted molar refractivity (Wildman–Crippen MR) is 196 cm³/mol. The van der Waals surface area contributed by atoms with Crippen molar-refractivity contribution >= 4 is 86.5 Å². The molecule has 2 aliphatic carbocycles. The lowest BCUT2D eigenvalue weighted by Gasteiger charge is -2.50. The van der Waals surface area contributed by atoms with Crippen LogP contribution in [0, 0.1) is 27.1 Å². The maximum atomic E-state index is 14.6. The van der Waals surface area contributed by atoms with Crippen LogP contribution in [0.15, 0.2) is 72.3 Å². The van der Waals surface area contributed by atoms with E-state index in [-0.39, 0.29) is 35.9 Å². The van der Waals surface area contributed by atoms with Crippen molar-refractivity contribution in [3.63, 3.8) is 0 Å². The molecule has 1 saturated carbocycles. The Kier molecular flexibility index (Phi) is 8.39. The molecule has 0 radical (unpaired) electrons. The highest BCUT2D eigenvalue weighted by Gasteiger charge is 2.76. The normalized spacial score (nSPS) is 30.3. The number of morpholine rings is 1. The maximum Gasteiger partial charge on any atom is 0.258 e. The van der Waals surface area contributed by atoms with Crippen LogP contribution in [0.2, 0.25) is 0 Å². The molecule has 3 aromatic carbocycles. The van der Waals surface area contributed by atoms with Crippen LogP contribution in [-0.2, 0) is 23.9 Å². The first-order valence-electron chi connectivity index (χ1n) is 16.5. The van der Waals surface area contributed by atoms with Crippen molar-refractivity contribution in [3.8, 4) is 11.5 Å². The molecule has 3 aromatic rings. The van der Waals surface area contributed by atoms with E-state index in [1.165, 1.54) is 24.1 Å². The second-order valence-corrected chi connectivity index (χ2v) is 15.8. The van der Waals surface area contributed by atoms with Crippen LogP contribution in [0.5, 0.6) is 11.5 Å². The van der Waals surface area contributed by atoms with Crippen molar-refractivity contribution in [3.05, 3.63) is 87.3 Å². The first-order valence-corrected chi connectivity index (χ1v) is 18.3. The number of nitrogens with zero attached hydrogens (tertiary/aromatic N) is 3. The Morgan fingerprint density at radius 2 is 1.51 bits per heavy atom. The van der Waals surface area contributed by atoms with Gasteiger partial charge in [0, 0.05) is 24.7 Å². The van der Waals surface area contributed by atoms with Gasteiger partial charge in [0.1, 0.15) is 5.82 Å². The van der Waals surface area contributed by atoms with Crippen LogP contribution in [0.4, 0.5) is 21.5 Å². The van der Waals surface area contributed by atoms with Crippen molar-refractivity contribution in [1.82, 2.24) is 0 Å². The van der Waals surface area contributed by atoms with E-state index in [0.29, 0.717) is 33.6 Å². The number of imide groups is 2. The minimum absolute atomic E-state index is 0.0890. The summed E-state index contributed by atoms with van der Waals surface area (Å²) in [6.45, 7) is 2.69. The number of methoxy groups -OCH3 is 1. The lowest BCUT2D eigenvalue weighted by atomic mass is 9.56. The topological polar surface area (TPSA) is 117 Å². The van der Waals surface area contributed by atoms with Crippen molar-refractivity contribution in [2.24, 2.45) is 17.8 Å². The van der Waals surface area contributed by atoms with Crippen molar-refractivity contribution in [1.29, 1.82) is 0 Å². The van der Waals surface area contributed by atoms with E-state index >= 15 is 0 Å². The average Bonchev–Trinajstić information content (AvgIpc) is 3.47. The predicted octanol–water partition coefficient (Wildman–Crippen LogP) is 5.75. The molecule has 5 aliphatic rings. The molecule has 8 rings (SSSR count). The third kappa shape index (κ3) is 4.96. The van der Waals surface area contributed by atoms with E-state index in [4.69, 9.17) is 32.7 Å². The summed E-state index contributed by atoms with van der Waals surface area (Å²) in [4.78, 5) is 57.7. The quantitative estimate of drug-likeness (QED) is 0.150. The van der Waals surface area contributed by atoms with E-state index in [2.05, 4.69) is 4.90 Å². The number of amides is 4. The van der Waals surface area contributed by atoms with Gasteiger partial charge < -0.3 is 19.5 Å². The third-order valence-corrected chi connectivity index (χ3v) is 13.2. The fourth-order valence-corrected chi connectivity index (χ4v) is 10.1. The maximum absolute atomic E-state index is 14.6. The SMILES string of the molecule is COc1cc([C@H]2C3=CC[C@@H]4C(=O)N(c5ccc(N6CCOCC6)cc5)C(=O)[C@@H]4[C@@H]3C[C@@]3(Cl)C(=O)N(c4ccc(F)cc4)C(=O)[C@@]23Cl)cc(I)c1O. The van der Waals surface area contributed by atoms with Gasteiger partial charge in [0.05, 0.1) is 47.1 Å². The minimum Gasteiger partial charge on any atom is -0.504 e. The number of hydrogen-bond acceptors (Lipinski definition) is 8. The number of hydrogen-bond donors (Lipinski definition) is 1. The first kappa shape index (κ1) is 34.4. The van der Waals surface area contributed by atoms with Crippen molar-refractivity contribution in [2.75, 3.05) is 48.1 Å². The van der Waals surface area contributed by atoms with Crippen LogP contribution in [0.1, 0.15) is 24.3 Å². The van der Waals surface area contributed by atoms with Crippen molar-refractivity contribution in [2.45, 2.75) is 28.5 Å². The second-order valence-electron chi connectivity index (χ2n) is 13.4. The van der Waals surface area contributed by atoms with Crippen LogP contribution in [-0.4, -0.2) is 71.9 Å². The Balaban J connectivity index is 1.23. The molecule has 3 saturated heterocycles. The van der Waals surface area contributed by atoms with Gasteiger partial charge in [-0.05, 0) is 108 Å². The molecule has 1 N–H and O–H groups in total. The van der Waals surface area contributed by atoms with Crippen LogP contribution in [0.25, 0.3) is 0 Å².